The highest BCUT2D eigenvalue weighted by molar-refractivity contribution is 6.20. The summed E-state index contributed by atoms with van der Waals surface area (Å²) in [6, 6.07) is 0. The van der Waals surface area contributed by atoms with E-state index in [1.165, 1.54) is 32.1 Å². The highest BCUT2D eigenvalue weighted by atomic mass is 35.5. The van der Waals surface area contributed by atoms with Gasteiger partial charge in [0.2, 0.25) is 0 Å². The standard InChI is InChI=1S/C12H21ClN2/c1-2-3-4-5-6-7-11(13)10-12-14-8-9-15-12/h8-9,11H,2-7,10H2,1H3,(H,14,15). The molecule has 0 saturated carbocycles. The predicted molar refractivity (Wildman–Crippen MR) is 65.3 cm³/mol. The Bertz CT molecular complexity index is 234. The molecule has 1 heterocycles. The molecule has 0 aliphatic rings. The molecule has 1 rings (SSSR count). The van der Waals surface area contributed by atoms with Crippen LogP contribution >= 0.6 is 11.6 Å². The first-order valence-corrected chi connectivity index (χ1v) is 6.39. The van der Waals surface area contributed by atoms with Crippen LogP contribution < -0.4 is 0 Å². The van der Waals surface area contributed by atoms with Crippen molar-refractivity contribution in [3.8, 4) is 0 Å². The molecule has 1 atom stereocenters. The average molecular weight is 229 g/mol. The van der Waals surface area contributed by atoms with Crippen LogP contribution in [0.25, 0.3) is 0 Å². The van der Waals surface area contributed by atoms with Gasteiger partial charge >= 0.3 is 0 Å². The van der Waals surface area contributed by atoms with Crippen LogP contribution in [0.2, 0.25) is 0 Å². The van der Waals surface area contributed by atoms with Crippen LogP contribution in [0, 0.1) is 0 Å². The molecule has 86 valence electrons. The molecular weight excluding hydrogens is 208 g/mol. The average Bonchev–Trinajstić information content (AvgIpc) is 2.70. The van der Waals surface area contributed by atoms with Crippen LogP contribution in [0.1, 0.15) is 51.3 Å². The zero-order valence-electron chi connectivity index (χ0n) is 9.51. The van der Waals surface area contributed by atoms with Crippen LogP contribution in [0.4, 0.5) is 0 Å². The lowest BCUT2D eigenvalue weighted by atomic mass is 10.1. The molecule has 1 aromatic heterocycles. The number of imidazole rings is 1. The normalized spacial score (nSPS) is 12.9. The molecule has 0 saturated heterocycles. The van der Waals surface area contributed by atoms with E-state index in [2.05, 4.69) is 16.9 Å². The van der Waals surface area contributed by atoms with Crippen LogP contribution in [0.15, 0.2) is 12.4 Å². The lowest BCUT2D eigenvalue weighted by molar-refractivity contribution is 0.589. The van der Waals surface area contributed by atoms with Crippen molar-refractivity contribution in [2.24, 2.45) is 0 Å². The minimum atomic E-state index is 0.234. The Morgan fingerprint density at radius 2 is 2.13 bits per heavy atom. The van der Waals surface area contributed by atoms with Crippen LogP contribution in [-0.2, 0) is 6.42 Å². The van der Waals surface area contributed by atoms with Crippen molar-refractivity contribution in [2.75, 3.05) is 0 Å². The maximum absolute atomic E-state index is 6.23. The summed E-state index contributed by atoms with van der Waals surface area (Å²) in [5, 5.41) is 0.234. The summed E-state index contributed by atoms with van der Waals surface area (Å²) in [5.41, 5.74) is 0. The van der Waals surface area contributed by atoms with E-state index >= 15 is 0 Å². The second kappa shape index (κ2) is 7.75. The number of aromatic nitrogens is 2. The summed E-state index contributed by atoms with van der Waals surface area (Å²) >= 11 is 6.23. The summed E-state index contributed by atoms with van der Waals surface area (Å²) in [6.45, 7) is 2.24. The van der Waals surface area contributed by atoms with Crippen molar-refractivity contribution in [1.29, 1.82) is 0 Å². The van der Waals surface area contributed by atoms with Crippen molar-refractivity contribution < 1.29 is 0 Å². The minimum Gasteiger partial charge on any atom is -0.349 e. The van der Waals surface area contributed by atoms with E-state index in [4.69, 9.17) is 11.6 Å². The number of hydrogen-bond donors (Lipinski definition) is 1. The Hall–Kier alpha value is -0.500. The summed E-state index contributed by atoms with van der Waals surface area (Å²) < 4.78 is 0. The van der Waals surface area contributed by atoms with Gasteiger partial charge in [0.15, 0.2) is 0 Å². The molecule has 1 unspecified atom stereocenters. The van der Waals surface area contributed by atoms with Gasteiger partial charge in [-0.3, -0.25) is 0 Å². The summed E-state index contributed by atoms with van der Waals surface area (Å²) in [7, 11) is 0. The molecule has 0 radical (unpaired) electrons. The van der Waals surface area contributed by atoms with Crippen molar-refractivity contribution in [3.05, 3.63) is 18.2 Å². The van der Waals surface area contributed by atoms with E-state index in [9.17, 15) is 0 Å². The van der Waals surface area contributed by atoms with Crippen molar-refractivity contribution in [3.63, 3.8) is 0 Å². The molecular formula is C12H21ClN2. The molecule has 0 spiro atoms. The number of nitrogens with one attached hydrogen (secondary N) is 1. The van der Waals surface area contributed by atoms with Crippen LogP contribution in [0.3, 0.4) is 0 Å². The first-order valence-electron chi connectivity index (χ1n) is 5.95. The Labute approximate surface area is 97.4 Å². The predicted octanol–water partition coefficient (Wildman–Crippen LogP) is 3.92. The van der Waals surface area contributed by atoms with Gasteiger partial charge in [0.1, 0.15) is 5.82 Å². The third-order valence-corrected chi connectivity index (χ3v) is 2.96. The minimum absolute atomic E-state index is 0.234. The Morgan fingerprint density at radius 3 is 2.80 bits per heavy atom. The fraction of sp³-hybridized carbons (Fsp3) is 0.750. The fourth-order valence-electron chi connectivity index (χ4n) is 1.69. The number of halogens is 1. The van der Waals surface area contributed by atoms with Crippen molar-refractivity contribution in [1.82, 2.24) is 9.97 Å². The van der Waals surface area contributed by atoms with E-state index in [1.807, 2.05) is 6.20 Å². The third-order valence-electron chi connectivity index (χ3n) is 2.59. The number of nitrogens with zero attached hydrogens (tertiary/aromatic N) is 1. The summed E-state index contributed by atoms with van der Waals surface area (Å²) in [5.74, 6) is 1.00. The molecule has 3 heteroatoms. The van der Waals surface area contributed by atoms with Gasteiger partial charge in [-0.15, -0.1) is 11.6 Å². The van der Waals surface area contributed by atoms with Gasteiger partial charge in [0.05, 0.1) is 0 Å². The highest BCUT2D eigenvalue weighted by Gasteiger charge is 2.06. The van der Waals surface area contributed by atoms with Crippen molar-refractivity contribution >= 4 is 11.6 Å². The van der Waals surface area contributed by atoms with Gasteiger partial charge in [-0.25, -0.2) is 4.98 Å². The highest BCUT2D eigenvalue weighted by Crippen LogP contribution is 2.13. The van der Waals surface area contributed by atoms with Gasteiger partial charge in [-0.05, 0) is 6.42 Å². The Balaban J connectivity index is 2.01. The molecule has 0 aliphatic carbocycles. The van der Waals surface area contributed by atoms with Crippen LogP contribution in [0.5, 0.6) is 0 Å². The number of H-pyrrole nitrogens is 1. The van der Waals surface area contributed by atoms with Crippen molar-refractivity contribution in [2.45, 2.75) is 57.2 Å². The number of alkyl halides is 1. The van der Waals surface area contributed by atoms with E-state index in [-0.39, 0.29) is 5.38 Å². The first kappa shape index (κ1) is 12.6. The molecule has 1 N–H and O–H groups in total. The number of hydrogen-bond acceptors (Lipinski definition) is 1. The topological polar surface area (TPSA) is 28.7 Å². The van der Waals surface area contributed by atoms with Gasteiger partial charge in [-0.1, -0.05) is 39.0 Å². The van der Waals surface area contributed by atoms with Gasteiger partial charge in [0.25, 0.3) is 0 Å². The number of aromatic amines is 1. The maximum atomic E-state index is 6.23. The molecule has 1 aromatic rings. The van der Waals surface area contributed by atoms with Gasteiger partial charge in [0, 0.05) is 24.2 Å². The molecule has 0 aromatic carbocycles. The summed E-state index contributed by atoms with van der Waals surface area (Å²) in [6.07, 6.45) is 12.2. The molecule has 0 fully saturated rings. The van der Waals surface area contributed by atoms with E-state index < -0.39 is 0 Å². The molecule has 0 bridgehead atoms. The first-order chi connectivity index (χ1) is 7.33. The van der Waals surface area contributed by atoms with E-state index in [0.717, 1.165) is 18.7 Å². The number of unbranched alkanes of at least 4 members (excludes halogenated alkanes) is 4. The number of rotatable bonds is 8. The Kier molecular flexibility index (Phi) is 6.49. The molecule has 15 heavy (non-hydrogen) atoms. The molecule has 0 aliphatic heterocycles. The molecule has 0 amide bonds. The van der Waals surface area contributed by atoms with Gasteiger partial charge < -0.3 is 4.98 Å². The largest absolute Gasteiger partial charge is 0.349 e. The summed E-state index contributed by atoms with van der Waals surface area (Å²) in [4.78, 5) is 7.26. The van der Waals surface area contributed by atoms with E-state index in [0.29, 0.717) is 0 Å². The molecule has 2 nitrogen and oxygen atoms in total. The Morgan fingerprint density at radius 1 is 1.33 bits per heavy atom. The second-order valence-electron chi connectivity index (χ2n) is 4.04. The zero-order valence-corrected chi connectivity index (χ0v) is 10.3. The monoisotopic (exact) mass is 228 g/mol. The third kappa shape index (κ3) is 5.83. The quantitative estimate of drug-likeness (QED) is 0.530. The zero-order chi connectivity index (χ0) is 10.9. The lowest BCUT2D eigenvalue weighted by Gasteiger charge is -2.06. The fourth-order valence-corrected chi connectivity index (χ4v) is 1.99. The van der Waals surface area contributed by atoms with Crippen LogP contribution in [-0.4, -0.2) is 15.3 Å². The lowest BCUT2D eigenvalue weighted by Crippen LogP contribution is -2.04. The van der Waals surface area contributed by atoms with Gasteiger partial charge in [-0.2, -0.15) is 0 Å². The van der Waals surface area contributed by atoms with E-state index in [1.54, 1.807) is 6.20 Å². The SMILES string of the molecule is CCCCCCCC(Cl)Cc1ncc[nH]1. The smallest absolute Gasteiger partial charge is 0.107 e. The maximum Gasteiger partial charge on any atom is 0.107 e. The second-order valence-corrected chi connectivity index (χ2v) is 4.66.